The minimum atomic E-state index is -0.690. The van der Waals surface area contributed by atoms with E-state index in [2.05, 4.69) is 5.32 Å². The molecule has 3 rings (SSSR count). The van der Waals surface area contributed by atoms with E-state index in [1.165, 1.54) is 6.07 Å². The van der Waals surface area contributed by atoms with Gasteiger partial charge in [0.1, 0.15) is 5.82 Å². The first-order valence-corrected chi connectivity index (χ1v) is 6.71. The van der Waals surface area contributed by atoms with E-state index in [1.807, 2.05) is 0 Å². The third kappa shape index (κ3) is 2.92. The third-order valence-corrected chi connectivity index (χ3v) is 3.44. The molecule has 0 spiro atoms. The summed E-state index contributed by atoms with van der Waals surface area (Å²) in [5.41, 5.74) is 2.08. The third-order valence-electron chi connectivity index (χ3n) is 3.44. The lowest BCUT2D eigenvalue weighted by atomic mass is 10.1. The van der Waals surface area contributed by atoms with Crippen LogP contribution in [-0.2, 0) is 0 Å². The van der Waals surface area contributed by atoms with Crippen LogP contribution >= 0.6 is 0 Å². The van der Waals surface area contributed by atoms with E-state index in [0.717, 1.165) is 11.3 Å². The van der Waals surface area contributed by atoms with Crippen LogP contribution in [0.1, 0.15) is 17.2 Å². The molecule has 1 unspecified atom stereocenters. The summed E-state index contributed by atoms with van der Waals surface area (Å²) in [7, 11) is 0. The number of aryl methyl sites for hydroxylation is 1. The van der Waals surface area contributed by atoms with Gasteiger partial charge in [-0.15, -0.1) is 0 Å². The van der Waals surface area contributed by atoms with Gasteiger partial charge >= 0.3 is 0 Å². The van der Waals surface area contributed by atoms with E-state index in [1.54, 1.807) is 37.3 Å². The Hall–Kier alpha value is -2.27. The number of aliphatic hydroxyl groups is 1. The van der Waals surface area contributed by atoms with Gasteiger partial charge in [0.05, 0.1) is 6.10 Å². The molecular formula is C16H16FNO3. The molecule has 1 aliphatic rings. The highest BCUT2D eigenvalue weighted by Gasteiger charge is 2.16. The number of ether oxygens (including phenoxy) is 2. The van der Waals surface area contributed by atoms with Crippen LogP contribution in [0.5, 0.6) is 11.5 Å². The first-order valence-electron chi connectivity index (χ1n) is 6.71. The normalized spacial score (nSPS) is 14.0. The largest absolute Gasteiger partial charge is 0.454 e. The van der Waals surface area contributed by atoms with Crippen LogP contribution < -0.4 is 14.8 Å². The zero-order valence-corrected chi connectivity index (χ0v) is 11.6. The van der Waals surface area contributed by atoms with Crippen LogP contribution in [0.4, 0.5) is 10.1 Å². The van der Waals surface area contributed by atoms with E-state index < -0.39 is 6.10 Å². The second kappa shape index (κ2) is 5.61. The topological polar surface area (TPSA) is 50.7 Å². The number of hydrogen-bond acceptors (Lipinski definition) is 4. The van der Waals surface area contributed by atoms with Gasteiger partial charge in [0, 0.05) is 12.2 Å². The molecule has 0 amide bonds. The van der Waals surface area contributed by atoms with Gasteiger partial charge in [0.2, 0.25) is 6.79 Å². The van der Waals surface area contributed by atoms with Crippen LogP contribution in [0.3, 0.4) is 0 Å². The van der Waals surface area contributed by atoms with Gasteiger partial charge in [-0.25, -0.2) is 4.39 Å². The SMILES string of the molecule is Cc1cc(NCC(O)c2ccc3c(c2)OCO3)ccc1F. The molecule has 0 fully saturated rings. The van der Waals surface area contributed by atoms with Crippen LogP contribution in [0.25, 0.3) is 0 Å². The Bertz CT molecular complexity index is 660. The van der Waals surface area contributed by atoms with Crippen LogP contribution in [0.2, 0.25) is 0 Å². The van der Waals surface area contributed by atoms with Crippen molar-refractivity contribution in [1.82, 2.24) is 0 Å². The van der Waals surface area contributed by atoms with E-state index in [0.29, 0.717) is 23.6 Å². The number of hydrogen-bond donors (Lipinski definition) is 2. The average molecular weight is 289 g/mol. The molecule has 1 heterocycles. The second-order valence-electron chi connectivity index (χ2n) is 4.97. The molecule has 0 saturated carbocycles. The Morgan fingerprint density at radius 3 is 2.81 bits per heavy atom. The Labute approximate surface area is 122 Å². The first-order chi connectivity index (χ1) is 10.1. The Kier molecular flexibility index (Phi) is 3.66. The summed E-state index contributed by atoms with van der Waals surface area (Å²) in [6, 6.07) is 10.1. The fourth-order valence-corrected chi connectivity index (χ4v) is 2.21. The van der Waals surface area contributed by atoms with Gasteiger partial charge in [-0.2, -0.15) is 0 Å². The minimum Gasteiger partial charge on any atom is -0.454 e. The van der Waals surface area contributed by atoms with Gasteiger partial charge in [-0.3, -0.25) is 0 Å². The number of aliphatic hydroxyl groups excluding tert-OH is 1. The van der Waals surface area contributed by atoms with Crippen molar-refractivity contribution < 1.29 is 19.0 Å². The predicted octanol–water partition coefficient (Wildman–Crippen LogP) is 3.01. The van der Waals surface area contributed by atoms with Gasteiger partial charge in [0.15, 0.2) is 11.5 Å². The summed E-state index contributed by atoms with van der Waals surface area (Å²) < 4.78 is 23.7. The quantitative estimate of drug-likeness (QED) is 0.908. The second-order valence-corrected chi connectivity index (χ2v) is 4.97. The maximum absolute atomic E-state index is 13.2. The lowest BCUT2D eigenvalue weighted by Gasteiger charge is -2.14. The number of benzene rings is 2. The molecule has 2 aromatic rings. The van der Waals surface area contributed by atoms with E-state index in [-0.39, 0.29) is 12.6 Å². The lowest BCUT2D eigenvalue weighted by molar-refractivity contribution is 0.173. The van der Waals surface area contributed by atoms with Crippen molar-refractivity contribution in [2.75, 3.05) is 18.7 Å². The highest BCUT2D eigenvalue weighted by molar-refractivity contribution is 5.47. The predicted molar refractivity (Wildman–Crippen MR) is 77.2 cm³/mol. The van der Waals surface area contributed by atoms with Crippen molar-refractivity contribution in [2.24, 2.45) is 0 Å². The molecule has 1 atom stereocenters. The van der Waals surface area contributed by atoms with E-state index in [9.17, 15) is 9.50 Å². The van der Waals surface area contributed by atoms with Crippen molar-refractivity contribution in [3.63, 3.8) is 0 Å². The maximum Gasteiger partial charge on any atom is 0.231 e. The number of fused-ring (bicyclic) bond motifs is 1. The highest BCUT2D eigenvalue weighted by atomic mass is 19.1. The Balaban J connectivity index is 1.66. The Morgan fingerprint density at radius 1 is 1.19 bits per heavy atom. The first kappa shape index (κ1) is 13.7. The van der Waals surface area contributed by atoms with Crippen LogP contribution in [0.15, 0.2) is 36.4 Å². The molecule has 5 heteroatoms. The van der Waals surface area contributed by atoms with Crippen molar-refractivity contribution in [2.45, 2.75) is 13.0 Å². The fraction of sp³-hybridized carbons (Fsp3) is 0.250. The van der Waals surface area contributed by atoms with Gasteiger partial charge in [-0.05, 0) is 48.4 Å². The van der Waals surface area contributed by atoms with Crippen LogP contribution in [-0.4, -0.2) is 18.4 Å². The molecule has 4 nitrogen and oxygen atoms in total. The fourth-order valence-electron chi connectivity index (χ4n) is 2.21. The molecule has 2 N–H and O–H groups in total. The summed E-state index contributed by atoms with van der Waals surface area (Å²) in [5, 5.41) is 13.3. The van der Waals surface area contributed by atoms with E-state index >= 15 is 0 Å². The standard InChI is InChI=1S/C16H16FNO3/c1-10-6-12(3-4-13(10)17)18-8-14(19)11-2-5-15-16(7-11)21-9-20-15/h2-7,14,18-19H,8-9H2,1H3. The molecule has 0 aromatic heterocycles. The zero-order valence-electron chi connectivity index (χ0n) is 11.6. The Morgan fingerprint density at radius 2 is 2.00 bits per heavy atom. The molecule has 0 bridgehead atoms. The number of anilines is 1. The smallest absolute Gasteiger partial charge is 0.231 e. The van der Waals surface area contributed by atoms with Crippen molar-refractivity contribution in [1.29, 1.82) is 0 Å². The summed E-state index contributed by atoms with van der Waals surface area (Å²) in [6.07, 6.45) is -0.690. The monoisotopic (exact) mass is 289 g/mol. The number of rotatable bonds is 4. The maximum atomic E-state index is 13.2. The average Bonchev–Trinajstić information content (AvgIpc) is 2.95. The van der Waals surface area contributed by atoms with Gasteiger partial charge in [0.25, 0.3) is 0 Å². The molecule has 2 aromatic carbocycles. The van der Waals surface area contributed by atoms with Gasteiger partial charge < -0.3 is 19.9 Å². The van der Waals surface area contributed by atoms with Crippen molar-refractivity contribution in [3.8, 4) is 11.5 Å². The van der Waals surface area contributed by atoms with Crippen molar-refractivity contribution >= 4 is 5.69 Å². The van der Waals surface area contributed by atoms with Crippen LogP contribution in [0, 0.1) is 12.7 Å². The molecule has 0 aliphatic carbocycles. The van der Waals surface area contributed by atoms with Crippen molar-refractivity contribution in [3.05, 3.63) is 53.3 Å². The molecule has 110 valence electrons. The molecule has 21 heavy (non-hydrogen) atoms. The zero-order chi connectivity index (χ0) is 14.8. The minimum absolute atomic E-state index is 0.210. The summed E-state index contributed by atoms with van der Waals surface area (Å²) in [4.78, 5) is 0. The number of halogens is 1. The molecule has 0 saturated heterocycles. The van der Waals surface area contributed by atoms with Gasteiger partial charge in [-0.1, -0.05) is 6.07 Å². The summed E-state index contributed by atoms with van der Waals surface area (Å²) in [5.74, 6) is 1.09. The molecule has 0 radical (unpaired) electrons. The summed E-state index contributed by atoms with van der Waals surface area (Å²) in [6.45, 7) is 2.24. The molecular weight excluding hydrogens is 273 g/mol. The highest BCUT2D eigenvalue weighted by Crippen LogP contribution is 2.34. The number of nitrogens with one attached hydrogen (secondary N) is 1. The lowest BCUT2D eigenvalue weighted by Crippen LogP contribution is -2.12. The molecule has 1 aliphatic heterocycles. The van der Waals surface area contributed by atoms with E-state index in [4.69, 9.17) is 9.47 Å². The summed E-state index contributed by atoms with van der Waals surface area (Å²) >= 11 is 0.